The van der Waals surface area contributed by atoms with Gasteiger partial charge in [-0.05, 0) is 12.1 Å². The van der Waals surface area contributed by atoms with Crippen molar-refractivity contribution in [2.75, 3.05) is 31.1 Å². The standard InChI is InChI=1S/C16H16F6N4O3S/c17-15(18,19)14(27,16(20,21)22)11-1-3-12(4-2-11)25-5-7-26(8-6-25)30(28,29)13-9-23-10-24-13/h1-4,9-10,27H,5-8H2,(H,23,24). The van der Waals surface area contributed by atoms with Crippen LogP contribution >= 0.6 is 0 Å². The monoisotopic (exact) mass is 458 g/mol. The van der Waals surface area contributed by atoms with Crippen molar-refractivity contribution in [3.05, 3.63) is 42.4 Å². The molecule has 0 atom stereocenters. The van der Waals surface area contributed by atoms with Crippen molar-refractivity contribution >= 4 is 15.7 Å². The van der Waals surface area contributed by atoms with E-state index < -0.39 is 33.5 Å². The Morgan fingerprint density at radius 2 is 1.47 bits per heavy atom. The number of imidazole rings is 1. The molecule has 0 spiro atoms. The fourth-order valence-electron chi connectivity index (χ4n) is 3.11. The predicted octanol–water partition coefficient (Wildman–Crippen LogP) is 2.23. The average molecular weight is 458 g/mol. The predicted molar refractivity (Wildman–Crippen MR) is 92.0 cm³/mol. The molecule has 1 saturated heterocycles. The van der Waals surface area contributed by atoms with Gasteiger partial charge in [-0.2, -0.15) is 30.6 Å². The van der Waals surface area contributed by atoms with Crippen LogP contribution in [0.1, 0.15) is 5.56 Å². The summed E-state index contributed by atoms with van der Waals surface area (Å²) in [5.41, 5.74) is -6.05. The van der Waals surface area contributed by atoms with Crippen molar-refractivity contribution in [3.63, 3.8) is 0 Å². The number of piperazine rings is 1. The summed E-state index contributed by atoms with van der Waals surface area (Å²) in [6, 6.07) is 3.17. The molecular weight excluding hydrogens is 442 g/mol. The Morgan fingerprint density at radius 3 is 1.90 bits per heavy atom. The van der Waals surface area contributed by atoms with Gasteiger partial charge in [0, 0.05) is 37.4 Å². The first-order valence-electron chi connectivity index (χ1n) is 8.48. The Kier molecular flexibility index (Phi) is 5.54. The van der Waals surface area contributed by atoms with Gasteiger partial charge >= 0.3 is 12.4 Å². The summed E-state index contributed by atoms with van der Waals surface area (Å²) >= 11 is 0. The number of aliphatic hydroxyl groups is 1. The molecule has 7 nitrogen and oxygen atoms in total. The zero-order valence-corrected chi connectivity index (χ0v) is 15.9. The van der Waals surface area contributed by atoms with Crippen LogP contribution in [0, 0.1) is 0 Å². The molecule has 1 fully saturated rings. The van der Waals surface area contributed by atoms with E-state index in [1.165, 1.54) is 10.6 Å². The van der Waals surface area contributed by atoms with Crippen molar-refractivity contribution in [1.29, 1.82) is 0 Å². The van der Waals surface area contributed by atoms with E-state index in [4.69, 9.17) is 0 Å². The molecule has 0 amide bonds. The molecule has 2 N–H and O–H groups in total. The van der Waals surface area contributed by atoms with E-state index in [1.54, 1.807) is 4.90 Å². The fraction of sp³-hybridized carbons (Fsp3) is 0.438. The summed E-state index contributed by atoms with van der Waals surface area (Å²) in [6.45, 7) is 0.432. The number of hydrogen-bond donors (Lipinski definition) is 2. The number of hydrogen-bond acceptors (Lipinski definition) is 5. The van der Waals surface area contributed by atoms with Gasteiger partial charge in [0.1, 0.15) is 0 Å². The van der Waals surface area contributed by atoms with Gasteiger partial charge < -0.3 is 15.0 Å². The Bertz CT molecular complexity index is 952. The lowest BCUT2D eigenvalue weighted by atomic mass is 9.92. The Morgan fingerprint density at radius 1 is 0.933 bits per heavy atom. The first-order valence-corrected chi connectivity index (χ1v) is 9.92. The molecule has 1 aromatic carbocycles. The third-order valence-corrected chi connectivity index (χ3v) is 6.62. The molecule has 0 saturated carbocycles. The van der Waals surface area contributed by atoms with Gasteiger partial charge in [0.25, 0.3) is 15.6 Å². The van der Waals surface area contributed by atoms with E-state index in [2.05, 4.69) is 9.97 Å². The number of nitrogens with zero attached hydrogens (tertiary/aromatic N) is 3. The summed E-state index contributed by atoms with van der Waals surface area (Å²) in [5, 5.41) is 9.34. The summed E-state index contributed by atoms with van der Waals surface area (Å²) in [6.07, 6.45) is -9.55. The highest BCUT2D eigenvalue weighted by Crippen LogP contribution is 2.50. The smallest absolute Gasteiger partial charge is 0.369 e. The lowest BCUT2D eigenvalue weighted by molar-refractivity contribution is -0.376. The van der Waals surface area contributed by atoms with Crippen LogP contribution in [0.2, 0.25) is 0 Å². The number of halogens is 6. The first kappa shape index (κ1) is 22.4. The molecule has 0 radical (unpaired) electrons. The normalized spacial score (nSPS) is 17.4. The van der Waals surface area contributed by atoms with E-state index in [-0.39, 0.29) is 31.2 Å². The SMILES string of the molecule is O=S(=O)(c1cnc[nH]1)N1CCN(c2ccc(C(O)(C(F)(F)F)C(F)(F)F)cc2)CC1. The van der Waals surface area contributed by atoms with Crippen LogP contribution in [0.4, 0.5) is 32.0 Å². The van der Waals surface area contributed by atoms with Crippen LogP contribution in [0.5, 0.6) is 0 Å². The second-order valence-corrected chi connectivity index (χ2v) is 8.47. The van der Waals surface area contributed by atoms with E-state index in [9.17, 15) is 39.9 Å². The number of rotatable bonds is 4. The number of aromatic amines is 1. The third kappa shape index (κ3) is 3.74. The summed E-state index contributed by atoms with van der Waals surface area (Å²) in [4.78, 5) is 7.77. The van der Waals surface area contributed by atoms with Crippen molar-refractivity contribution in [2.45, 2.75) is 23.0 Å². The number of sulfonamides is 1. The highest BCUT2D eigenvalue weighted by atomic mass is 32.2. The minimum absolute atomic E-state index is 0.0537. The number of alkyl halides is 6. The maximum Gasteiger partial charge on any atom is 0.430 e. The Labute approximate surface area is 167 Å². The first-order chi connectivity index (χ1) is 13.8. The van der Waals surface area contributed by atoms with Crippen LogP contribution < -0.4 is 4.90 Å². The molecule has 2 heterocycles. The van der Waals surface area contributed by atoms with Gasteiger partial charge in [-0.15, -0.1) is 0 Å². The topological polar surface area (TPSA) is 89.5 Å². The number of anilines is 1. The second-order valence-electron chi connectivity index (χ2n) is 6.56. The molecule has 30 heavy (non-hydrogen) atoms. The van der Waals surface area contributed by atoms with Gasteiger partial charge in [0.05, 0.1) is 12.5 Å². The molecule has 3 rings (SSSR count). The molecule has 14 heteroatoms. The van der Waals surface area contributed by atoms with E-state index in [1.807, 2.05) is 0 Å². The van der Waals surface area contributed by atoms with E-state index in [0.29, 0.717) is 17.8 Å². The number of nitrogens with one attached hydrogen (secondary N) is 1. The summed E-state index contributed by atoms with van der Waals surface area (Å²) in [7, 11) is -3.78. The molecule has 0 aliphatic carbocycles. The molecule has 2 aromatic rings. The van der Waals surface area contributed by atoms with Crippen LogP contribution in [-0.4, -0.2) is 66.3 Å². The fourth-order valence-corrected chi connectivity index (χ4v) is 4.43. The summed E-state index contributed by atoms with van der Waals surface area (Å²) < 4.78 is 104. The Balaban J connectivity index is 1.75. The van der Waals surface area contributed by atoms with E-state index in [0.717, 1.165) is 18.3 Å². The number of aromatic nitrogens is 2. The van der Waals surface area contributed by atoms with E-state index >= 15 is 0 Å². The molecule has 0 bridgehead atoms. The highest BCUT2D eigenvalue weighted by Gasteiger charge is 2.71. The van der Waals surface area contributed by atoms with Crippen molar-refractivity contribution in [1.82, 2.24) is 14.3 Å². The molecular formula is C16H16F6N4O3S. The number of benzene rings is 1. The lowest BCUT2D eigenvalue weighted by Crippen LogP contribution is -2.54. The van der Waals surface area contributed by atoms with Gasteiger partial charge in [-0.25, -0.2) is 13.4 Å². The van der Waals surface area contributed by atoms with Gasteiger partial charge in [-0.3, -0.25) is 0 Å². The van der Waals surface area contributed by atoms with Crippen molar-refractivity contribution in [3.8, 4) is 0 Å². The number of H-pyrrole nitrogens is 1. The van der Waals surface area contributed by atoms with Crippen LogP contribution in [-0.2, 0) is 15.6 Å². The maximum absolute atomic E-state index is 13.0. The Hall–Kier alpha value is -2.32. The van der Waals surface area contributed by atoms with Crippen LogP contribution in [0.15, 0.2) is 41.8 Å². The highest BCUT2D eigenvalue weighted by molar-refractivity contribution is 7.89. The zero-order valence-electron chi connectivity index (χ0n) is 15.1. The quantitative estimate of drug-likeness (QED) is 0.687. The lowest BCUT2D eigenvalue weighted by Gasteiger charge is -2.36. The van der Waals surface area contributed by atoms with Crippen LogP contribution in [0.25, 0.3) is 0 Å². The maximum atomic E-state index is 13.0. The van der Waals surface area contributed by atoms with Gasteiger partial charge in [0.15, 0.2) is 5.03 Å². The third-order valence-electron chi connectivity index (χ3n) is 4.80. The van der Waals surface area contributed by atoms with Crippen LogP contribution in [0.3, 0.4) is 0 Å². The molecule has 1 aliphatic rings. The minimum Gasteiger partial charge on any atom is -0.369 e. The minimum atomic E-state index is -5.96. The average Bonchev–Trinajstić information content (AvgIpc) is 3.21. The van der Waals surface area contributed by atoms with Gasteiger partial charge in [0.2, 0.25) is 0 Å². The molecule has 1 aromatic heterocycles. The summed E-state index contributed by atoms with van der Waals surface area (Å²) in [5.74, 6) is 0. The zero-order chi connectivity index (χ0) is 22.4. The molecule has 1 aliphatic heterocycles. The second kappa shape index (κ2) is 7.42. The largest absolute Gasteiger partial charge is 0.430 e. The molecule has 166 valence electrons. The van der Waals surface area contributed by atoms with Crippen molar-refractivity contribution in [2.24, 2.45) is 0 Å². The molecule has 0 unspecified atom stereocenters. The van der Waals surface area contributed by atoms with Gasteiger partial charge in [-0.1, -0.05) is 12.1 Å². The van der Waals surface area contributed by atoms with Crippen molar-refractivity contribution < 1.29 is 39.9 Å².